The van der Waals surface area contributed by atoms with Gasteiger partial charge in [0.25, 0.3) is 11.8 Å². The molecule has 0 unspecified atom stereocenters. The van der Waals surface area contributed by atoms with Gasteiger partial charge in [0.05, 0.1) is 17.8 Å². The third kappa shape index (κ3) is 9.44. The first-order valence-electron chi connectivity index (χ1n) is 17.6. The molecule has 0 saturated carbocycles. The molecule has 2 saturated heterocycles. The fourth-order valence-corrected chi connectivity index (χ4v) is 7.45. The van der Waals surface area contributed by atoms with Gasteiger partial charge in [0.2, 0.25) is 0 Å². The maximum Gasteiger partial charge on any atom is 0.304 e. The molecular formula is C40H45N5O4S. The SMILES string of the molecule is O=C(O)CCSCc1cccc(C(=O)Nc2ccc(N3CCCCC3)cc2-c2cc(C(=O)NCc3cccc(N4CCCCC4)c3)ccn2)c1. The minimum absolute atomic E-state index is 0.102. The molecule has 4 aromatic rings. The molecule has 0 spiro atoms. The summed E-state index contributed by atoms with van der Waals surface area (Å²) in [6.45, 7) is 4.49. The van der Waals surface area contributed by atoms with Gasteiger partial charge >= 0.3 is 5.97 Å². The molecule has 260 valence electrons. The van der Waals surface area contributed by atoms with Gasteiger partial charge in [0, 0.05) is 78.5 Å². The molecule has 3 aromatic carbocycles. The molecule has 2 amide bonds. The molecule has 2 fully saturated rings. The van der Waals surface area contributed by atoms with E-state index in [0.717, 1.165) is 61.4 Å². The number of pyridine rings is 1. The standard InChI is InChI=1S/C40H45N5O4S/c46-38(47)16-22-50-28-30-10-7-11-31(23-30)40(49)43-36-14-13-34(45-20-5-2-6-21-45)26-35(36)37-25-32(15-17-41-37)39(48)42-27-29-9-8-12-33(24-29)44-18-3-1-4-19-44/h7-15,17,23-26H,1-6,16,18-22,27-28H2,(H,42,48)(H,43,49)(H,46,47). The van der Waals surface area contributed by atoms with Gasteiger partial charge in [-0.1, -0.05) is 24.3 Å². The molecule has 0 radical (unpaired) electrons. The number of aliphatic carboxylic acids is 1. The van der Waals surface area contributed by atoms with Crippen LogP contribution in [0.2, 0.25) is 0 Å². The van der Waals surface area contributed by atoms with Gasteiger partial charge in [-0.05, 0) is 104 Å². The first kappa shape index (κ1) is 35.0. The number of benzene rings is 3. The maximum atomic E-state index is 13.6. The molecule has 10 heteroatoms. The van der Waals surface area contributed by atoms with Crippen LogP contribution in [0.5, 0.6) is 0 Å². The van der Waals surface area contributed by atoms with Crippen LogP contribution in [0.4, 0.5) is 17.1 Å². The predicted molar refractivity (Wildman–Crippen MR) is 202 cm³/mol. The molecular weight excluding hydrogens is 647 g/mol. The molecule has 0 atom stereocenters. The van der Waals surface area contributed by atoms with Crippen molar-refractivity contribution >= 4 is 46.6 Å². The second kappa shape index (κ2) is 17.2. The van der Waals surface area contributed by atoms with Gasteiger partial charge in [-0.15, -0.1) is 0 Å². The number of carbonyl (C=O) groups excluding carboxylic acids is 2. The second-order valence-corrected chi connectivity index (χ2v) is 14.1. The summed E-state index contributed by atoms with van der Waals surface area (Å²) in [6.07, 6.45) is 8.93. The largest absolute Gasteiger partial charge is 0.481 e. The Morgan fingerprint density at radius 3 is 2.14 bits per heavy atom. The number of aromatic nitrogens is 1. The number of thioether (sulfide) groups is 1. The Hall–Kier alpha value is -4.83. The highest BCUT2D eigenvalue weighted by atomic mass is 32.2. The Morgan fingerprint density at radius 2 is 1.40 bits per heavy atom. The van der Waals surface area contributed by atoms with E-state index in [-0.39, 0.29) is 18.2 Å². The summed E-state index contributed by atoms with van der Waals surface area (Å²) in [7, 11) is 0. The lowest BCUT2D eigenvalue weighted by molar-refractivity contribution is -0.136. The van der Waals surface area contributed by atoms with Gasteiger partial charge in [-0.2, -0.15) is 11.8 Å². The summed E-state index contributed by atoms with van der Waals surface area (Å²) >= 11 is 1.53. The summed E-state index contributed by atoms with van der Waals surface area (Å²) < 4.78 is 0. The highest BCUT2D eigenvalue weighted by Crippen LogP contribution is 2.33. The molecule has 9 nitrogen and oxygen atoms in total. The number of rotatable bonds is 13. The van der Waals surface area contributed by atoms with Crippen LogP contribution in [-0.2, 0) is 17.1 Å². The van der Waals surface area contributed by atoms with Crippen molar-refractivity contribution in [3.8, 4) is 11.3 Å². The molecule has 50 heavy (non-hydrogen) atoms. The predicted octanol–water partition coefficient (Wildman–Crippen LogP) is 7.62. The van der Waals surface area contributed by atoms with Crippen LogP contribution in [0, 0.1) is 0 Å². The average molecular weight is 692 g/mol. The zero-order chi connectivity index (χ0) is 34.7. The molecule has 0 bridgehead atoms. The summed E-state index contributed by atoms with van der Waals surface area (Å²) in [5, 5.41) is 15.1. The Morgan fingerprint density at radius 1 is 0.720 bits per heavy atom. The quantitative estimate of drug-likeness (QED) is 0.123. The van der Waals surface area contributed by atoms with E-state index in [2.05, 4.69) is 49.7 Å². The Kier molecular flexibility index (Phi) is 12.0. The second-order valence-electron chi connectivity index (χ2n) is 13.0. The highest BCUT2D eigenvalue weighted by molar-refractivity contribution is 7.98. The number of amides is 2. The van der Waals surface area contributed by atoms with E-state index in [0.29, 0.717) is 40.6 Å². The minimum atomic E-state index is -0.817. The lowest BCUT2D eigenvalue weighted by Crippen LogP contribution is -2.29. The van der Waals surface area contributed by atoms with Gasteiger partial charge < -0.3 is 25.5 Å². The molecule has 2 aliphatic rings. The van der Waals surface area contributed by atoms with Crippen LogP contribution in [0.15, 0.2) is 85.1 Å². The Labute approximate surface area is 298 Å². The normalized spacial score (nSPS) is 14.6. The number of carbonyl (C=O) groups is 3. The van der Waals surface area contributed by atoms with E-state index in [9.17, 15) is 14.4 Å². The Bertz CT molecular complexity index is 1800. The van der Waals surface area contributed by atoms with Crippen molar-refractivity contribution in [3.05, 3.63) is 107 Å². The van der Waals surface area contributed by atoms with E-state index in [1.165, 1.54) is 43.1 Å². The first-order valence-corrected chi connectivity index (χ1v) is 18.8. The lowest BCUT2D eigenvalue weighted by atomic mass is 10.0. The van der Waals surface area contributed by atoms with Crippen molar-refractivity contribution in [3.63, 3.8) is 0 Å². The van der Waals surface area contributed by atoms with Crippen molar-refractivity contribution in [1.29, 1.82) is 0 Å². The number of anilines is 3. The summed E-state index contributed by atoms with van der Waals surface area (Å²) in [5.41, 5.74) is 7.22. The molecule has 2 aliphatic heterocycles. The number of hydrogen-bond acceptors (Lipinski definition) is 7. The smallest absolute Gasteiger partial charge is 0.304 e. The number of hydrogen-bond donors (Lipinski definition) is 3. The zero-order valence-corrected chi connectivity index (χ0v) is 29.2. The van der Waals surface area contributed by atoms with E-state index in [1.54, 1.807) is 24.4 Å². The van der Waals surface area contributed by atoms with Crippen LogP contribution in [0.25, 0.3) is 11.3 Å². The van der Waals surface area contributed by atoms with Crippen LogP contribution >= 0.6 is 11.8 Å². The molecule has 3 N–H and O–H groups in total. The fraction of sp³-hybridized carbons (Fsp3) is 0.350. The number of carboxylic acid groups (broad SMARTS) is 1. The van der Waals surface area contributed by atoms with Crippen molar-refractivity contribution in [2.45, 2.75) is 57.2 Å². The Balaban J connectivity index is 1.20. The van der Waals surface area contributed by atoms with Crippen molar-refractivity contribution in [1.82, 2.24) is 10.3 Å². The molecule has 6 rings (SSSR count). The van der Waals surface area contributed by atoms with Crippen molar-refractivity contribution in [2.75, 3.05) is 47.0 Å². The highest BCUT2D eigenvalue weighted by Gasteiger charge is 2.18. The number of nitrogens with zero attached hydrogens (tertiary/aromatic N) is 3. The maximum absolute atomic E-state index is 13.6. The number of nitrogens with one attached hydrogen (secondary N) is 2. The molecule has 0 aliphatic carbocycles. The summed E-state index contributed by atoms with van der Waals surface area (Å²) in [4.78, 5) is 47.3. The fourth-order valence-electron chi connectivity index (χ4n) is 6.57. The summed E-state index contributed by atoms with van der Waals surface area (Å²) in [5.74, 6) is -0.133. The van der Waals surface area contributed by atoms with E-state index in [4.69, 9.17) is 5.11 Å². The molecule has 1 aromatic heterocycles. The van der Waals surface area contributed by atoms with Gasteiger partial charge in [-0.3, -0.25) is 19.4 Å². The number of piperidine rings is 2. The van der Waals surface area contributed by atoms with Gasteiger partial charge in [0.1, 0.15) is 0 Å². The summed E-state index contributed by atoms with van der Waals surface area (Å²) in [6, 6.07) is 25.3. The zero-order valence-electron chi connectivity index (χ0n) is 28.4. The third-order valence-corrected chi connectivity index (χ3v) is 10.3. The number of carboxylic acids is 1. The minimum Gasteiger partial charge on any atom is -0.481 e. The monoisotopic (exact) mass is 691 g/mol. The van der Waals surface area contributed by atoms with Crippen LogP contribution in [-0.4, -0.2) is 59.8 Å². The average Bonchev–Trinajstić information content (AvgIpc) is 3.16. The van der Waals surface area contributed by atoms with Crippen LogP contribution < -0.4 is 20.4 Å². The van der Waals surface area contributed by atoms with Crippen molar-refractivity contribution in [2.24, 2.45) is 0 Å². The molecule has 3 heterocycles. The van der Waals surface area contributed by atoms with Gasteiger partial charge in [-0.25, -0.2) is 0 Å². The van der Waals surface area contributed by atoms with Crippen LogP contribution in [0.1, 0.15) is 76.8 Å². The van der Waals surface area contributed by atoms with E-state index < -0.39 is 5.97 Å². The topological polar surface area (TPSA) is 115 Å². The van der Waals surface area contributed by atoms with E-state index >= 15 is 0 Å². The van der Waals surface area contributed by atoms with Crippen molar-refractivity contribution < 1.29 is 19.5 Å². The third-order valence-electron chi connectivity index (χ3n) is 9.27. The van der Waals surface area contributed by atoms with Crippen LogP contribution in [0.3, 0.4) is 0 Å². The first-order chi connectivity index (χ1) is 24.4. The lowest BCUT2D eigenvalue weighted by Gasteiger charge is -2.29. The van der Waals surface area contributed by atoms with Gasteiger partial charge in [0.15, 0.2) is 0 Å². The van der Waals surface area contributed by atoms with E-state index in [1.807, 2.05) is 36.4 Å².